The lowest BCUT2D eigenvalue weighted by Crippen LogP contribution is -2.42. The van der Waals surface area contributed by atoms with Crippen molar-refractivity contribution in [2.45, 2.75) is 51.7 Å². The molecule has 0 radical (unpaired) electrons. The Bertz CT molecular complexity index is 859. The summed E-state index contributed by atoms with van der Waals surface area (Å²) in [6.45, 7) is 7.79. The quantitative estimate of drug-likeness (QED) is 0.774. The molecule has 0 bridgehead atoms. The van der Waals surface area contributed by atoms with Crippen molar-refractivity contribution >= 4 is 27.9 Å². The summed E-state index contributed by atoms with van der Waals surface area (Å²) in [5, 5.41) is 3.49. The molecule has 1 aliphatic heterocycles. The first-order valence-corrected chi connectivity index (χ1v) is 9.14. The van der Waals surface area contributed by atoms with Gasteiger partial charge >= 0.3 is 0 Å². The summed E-state index contributed by atoms with van der Waals surface area (Å²) in [4.78, 5) is 13.1. The summed E-state index contributed by atoms with van der Waals surface area (Å²) in [6, 6.07) is 6.15. The third kappa shape index (κ3) is 3.33. The van der Waals surface area contributed by atoms with Crippen molar-refractivity contribution in [1.29, 1.82) is 0 Å². The largest absolute Gasteiger partial charge is 0.365 e. The van der Waals surface area contributed by atoms with Gasteiger partial charge in [-0.3, -0.25) is 4.79 Å². The Morgan fingerprint density at radius 2 is 1.92 bits per heavy atom. The summed E-state index contributed by atoms with van der Waals surface area (Å²) in [5.74, 6) is -0.576. The lowest BCUT2D eigenvalue weighted by molar-refractivity contribution is -0.135. The highest BCUT2D eigenvalue weighted by Crippen LogP contribution is 2.49. The molecule has 26 heavy (non-hydrogen) atoms. The normalized spacial score (nSPS) is 17.8. The molecule has 0 unspecified atom stereocenters. The Kier molecular flexibility index (Phi) is 4.56. The first-order chi connectivity index (χ1) is 12.0. The lowest BCUT2D eigenvalue weighted by Gasteiger charge is -2.41. The highest BCUT2D eigenvalue weighted by Gasteiger charge is 2.42. The van der Waals surface area contributed by atoms with E-state index >= 15 is 0 Å². The average molecular weight is 380 g/mol. The maximum absolute atomic E-state index is 13.3. The molecule has 140 valence electrons. The number of fused-ring (bicyclic) bond motifs is 1. The van der Waals surface area contributed by atoms with Gasteiger partial charge in [0.2, 0.25) is 0 Å². The van der Waals surface area contributed by atoms with Crippen molar-refractivity contribution in [2.24, 2.45) is 5.73 Å². The number of nitrogens with two attached hydrogens (primary N) is 1. The van der Waals surface area contributed by atoms with Gasteiger partial charge in [0, 0.05) is 22.5 Å². The number of hydrogen-bond acceptors (Lipinski definition) is 4. The Labute approximate surface area is 155 Å². The molecule has 3 rings (SSSR count). The molecule has 2 aromatic rings. The number of para-hydroxylation sites is 1. The number of ether oxygens (including phenoxy) is 1. The number of hydrogen-bond donors (Lipinski definition) is 2. The number of benzene rings is 1. The highest BCUT2D eigenvalue weighted by molar-refractivity contribution is 7.17. The summed E-state index contributed by atoms with van der Waals surface area (Å²) in [7, 11) is 0. The van der Waals surface area contributed by atoms with Crippen LogP contribution in [0.25, 0.3) is 0 Å². The predicted molar refractivity (Wildman–Crippen MR) is 99.4 cm³/mol. The molecule has 0 aliphatic carbocycles. The van der Waals surface area contributed by atoms with E-state index in [2.05, 4.69) is 5.32 Å². The molecule has 0 saturated carbocycles. The zero-order chi connectivity index (χ0) is 19.3. The van der Waals surface area contributed by atoms with Gasteiger partial charge in [0.1, 0.15) is 5.00 Å². The van der Waals surface area contributed by atoms with Gasteiger partial charge in [0.15, 0.2) is 0 Å². The average Bonchev–Trinajstić information content (AvgIpc) is 2.84. The first kappa shape index (κ1) is 18.8. The van der Waals surface area contributed by atoms with Crippen molar-refractivity contribution < 1.29 is 18.3 Å². The number of halogens is 2. The maximum atomic E-state index is 13.3. The van der Waals surface area contributed by atoms with E-state index in [4.69, 9.17) is 10.5 Å². The molecule has 4 nitrogen and oxygen atoms in total. The predicted octanol–water partition coefficient (Wildman–Crippen LogP) is 5.11. The van der Waals surface area contributed by atoms with Crippen molar-refractivity contribution in [3.05, 3.63) is 45.8 Å². The molecule has 1 aromatic heterocycles. The van der Waals surface area contributed by atoms with Gasteiger partial charge in [-0.15, -0.1) is 11.3 Å². The Morgan fingerprint density at radius 3 is 2.54 bits per heavy atom. The van der Waals surface area contributed by atoms with Crippen LogP contribution in [0.5, 0.6) is 0 Å². The van der Waals surface area contributed by atoms with Crippen LogP contribution < -0.4 is 11.1 Å². The topological polar surface area (TPSA) is 64.3 Å². The fourth-order valence-corrected chi connectivity index (χ4v) is 4.87. The number of thiophene rings is 1. The molecule has 0 atom stereocenters. The zero-order valence-corrected chi connectivity index (χ0v) is 16.0. The van der Waals surface area contributed by atoms with Gasteiger partial charge in [-0.25, -0.2) is 8.78 Å². The van der Waals surface area contributed by atoms with Crippen LogP contribution in [0, 0.1) is 0 Å². The van der Waals surface area contributed by atoms with Gasteiger partial charge in [0.05, 0.1) is 16.8 Å². The third-order valence-electron chi connectivity index (χ3n) is 4.38. The van der Waals surface area contributed by atoms with Gasteiger partial charge in [0.25, 0.3) is 12.3 Å². The number of nitrogens with one attached hydrogen (secondary N) is 1. The zero-order valence-electron chi connectivity index (χ0n) is 15.2. The van der Waals surface area contributed by atoms with Crippen molar-refractivity contribution in [2.75, 3.05) is 5.32 Å². The van der Waals surface area contributed by atoms with Crippen LogP contribution in [0.15, 0.2) is 24.3 Å². The Balaban J connectivity index is 2.13. The number of carbonyl (C=O) groups excluding carboxylic acids is 1. The third-order valence-corrected chi connectivity index (χ3v) is 5.83. The van der Waals surface area contributed by atoms with E-state index in [1.165, 1.54) is 17.4 Å². The minimum absolute atomic E-state index is 0.120. The lowest BCUT2D eigenvalue weighted by atomic mass is 9.86. The van der Waals surface area contributed by atoms with Crippen LogP contribution in [0.4, 0.5) is 19.5 Å². The summed E-state index contributed by atoms with van der Waals surface area (Å²) < 4.78 is 32.7. The SMILES string of the molecule is CC1(C)Cc2c(sc(Nc3ccccc3C(F)F)c2C(N)=O)C(C)(C)O1. The van der Waals surface area contributed by atoms with Crippen LogP contribution >= 0.6 is 11.3 Å². The highest BCUT2D eigenvalue weighted by atomic mass is 32.1. The van der Waals surface area contributed by atoms with E-state index in [0.717, 1.165) is 10.4 Å². The number of amides is 1. The molecule has 7 heteroatoms. The Morgan fingerprint density at radius 1 is 1.27 bits per heavy atom. The van der Waals surface area contributed by atoms with Crippen molar-refractivity contribution in [3.8, 4) is 0 Å². The van der Waals surface area contributed by atoms with Crippen LogP contribution in [0.2, 0.25) is 0 Å². The molecule has 1 aromatic carbocycles. The number of rotatable bonds is 4. The molecule has 0 spiro atoms. The number of carbonyl (C=O) groups is 1. The molecular weight excluding hydrogens is 358 g/mol. The van der Waals surface area contributed by atoms with Gasteiger partial charge in [-0.1, -0.05) is 18.2 Å². The molecule has 0 saturated heterocycles. The fourth-order valence-electron chi connectivity index (χ4n) is 3.59. The van der Waals surface area contributed by atoms with E-state index in [0.29, 0.717) is 17.0 Å². The molecular formula is C19H22F2N2O2S. The second-order valence-electron chi connectivity index (χ2n) is 7.54. The van der Waals surface area contributed by atoms with Crippen LogP contribution in [0.1, 0.15) is 60.5 Å². The maximum Gasteiger partial charge on any atom is 0.265 e. The fraction of sp³-hybridized carbons (Fsp3) is 0.421. The van der Waals surface area contributed by atoms with Gasteiger partial charge in [-0.2, -0.15) is 0 Å². The molecule has 1 amide bonds. The summed E-state index contributed by atoms with van der Waals surface area (Å²) in [6.07, 6.45) is -2.09. The van der Waals surface area contributed by atoms with Crippen LogP contribution in [-0.2, 0) is 16.8 Å². The molecule has 3 N–H and O–H groups in total. The minimum atomic E-state index is -2.62. The van der Waals surface area contributed by atoms with E-state index in [1.807, 2.05) is 27.7 Å². The first-order valence-electron chi connectivity index (χ1n) is 8.32. The van der Waals surface area contributed by atoms with Crippen molar-refractivity contribution in [3.63, 3.8) is 0 Å². The van der Waals surface area contributed by atoms with E-state index in [9.17, 15) is 13.6 Å². The van der Waals surface area contributed by atoms with Crippen LogP contribution in [0.3, 0.4) is 0 Å². The standard InChI is InChI=1S/C19H22F2N2O2S/c1-18(2)9-11-13(16(22)24)17(26-14(11)19(3,4)25-18)23-12-8-6-5-7-10(12)15(20)21/h5-8,15,23H,9H2,1-4H3,(H2,22,24). The van der Waals surface area contributed by atoms with E-state index < -0.39 is 23.5 Å². The smallest absolute Gasteiger partial charge is 0.265 e. The second kappa shape index (κ2) is 6.32. The number of anilines is 2. The number of alkyl halides is 2. The Hall–Kier alpha value is -1.99. The second-order valence-corrected chi connectivity index (χ2v) is 8.56. The number of primary amides is 1. The molecule has 1 aliphatic rings. The molecule has 0 fully saturated rings. The van der Waals surface area contributed by atoms with Gasteiger partial charge in [-0.05, 0) is 39.3 Å². The van der Waals surface area contributed by atoms with E-state index in [-0.39, 0.29) is 11.3 Å². The minimum Gasteiger partial charge on any atom is -0.365 e. The molecule has 2 heterocycles. The van der Waals surface area contributed by atoms with Crippen LogP contribution in [-0.4, -0.2) is 11.5 Å². The van der Waals surface area contributed by atoms with Gasteiger partial charge < -0.3 is 15.8 Å². The summed E-state index contributed by atoms with van der Waals surface area (Å²) in [5.41, 5.74) is 5.93. The summed E-state index contributed by atoms with van der Waals surface area (Å²) >= 11 is 1.33. The van der Waals surface area contributed by atoms with E-state index in [1.54, 1.807) is 18.2 Å². The van der Waals surface area contributed by atoms with Crippen molar-refractivity contribution in [1.82, 2.24) is 0 Å². The monoisotopic (exact) mass is 380 g/mol.